The number of rotatable bonds is 5. The maximum Gasteiger partial charge on any atom is 0.238 e. The van der Waals surface area contributed by atoms with Crippen LogP contribution < -0.4 is 4.90 Å². The molecule has 0 amide bonds. The molecule has 2 aliphatic rings. The number of para-hydroxylation sites is 1. The van der Waals surface area contributed by atoms with Crippen molar-refractivity contribution in [1.29, 1.82) is 0 Å². The first-order valence-electron chi connectivity index (χ1n) is 23.6. The summed E-state index contributed by atoms with van der Waals surface area (Å²) in [5, 5.41) is 12.1. The minimum Gasteiger partial charge on any atom is -0.331 e. The van der Waals surface area contributed by atoms with Gasteiger partial charge in [0.2, 0.25) is 5.95 Å². The van der Waals surface area contributed by atoms with E-state index in [-0.39, 0.29) is 12.0 Å². The summed E-state index contributed by atoms with van der Waals surface area (Å²) in [6.07, 6.45) is 9.19. The molecule has 3 aromatic heterocycles. The molecule has 6 heteroatoms. The van der Waals surface area contributed by atoms with Gasteiger partial charge in [0.25, 0.3) is 0 Å². The Labute approximate surface area is 401 Å². The normalized spacial score (nSPS) is 15.4. The Bertz CT molecular complexity index is 4300. The van der Waals surface area contributed by atoms with Gasteiger partial charge in [-0.05, 0) is 73.3 Å². The first-order valence-corrected chi connectivity index (χ1v) is 24.4. The second-order valence-corrected chi connectivity index (χ2v) is 19.3. The van der Waals surface area contributed by atoms with Crippen LogP contribution in [0.1, 0.15) is 11.5 Å². The van der Waals surface area contributed by atoms with E-state index in [0.29, 0.717) is 17.6 Å². The van der Waals surface area contributed by atoms with Gasteiger partial charge in [-0.15, -0.1) is 11.3 Å². The van der Waals surface area contributed by atoms with E-state index in [4.69, 9.17) is 15.0 Å². The number of fused-ring (bicyclic) bond motifs is 16. The lowest BCUT2D eigenvalue weighted by atomic mass is 9.91. The third-order valence-electron chi connectivity index (χ3n) is 14.6. The maximum absolute atomic E-state index is 5.56. The molecule has 0 saturated carbocycles. The molecule has 0 N–H and O–H groups in total. The van der Waals surface area contributed by atoms with E-state index in [1.54, 1.807) is 0 Å². The van der Waals surface area contributed by atoms with Gasteiger partial charge >= 0.3 is 0 Å². The number of thiophene rings is 1. The van der Waals surface area contributed by atoms with Gasteiger partial charge in [0.05, 0.1) is 28.5 Å². The van der Waals surface area contributed by atoms with Crippen LogP contribution in [-0.4, -0.2) is 25.6 Å². The Hall–Kier alpha value is -8.71. The summed E-state index contributed by atoms with van der Waals surface area (Å²) < 4.78 is 4.89. The summed E-state index contributed by atoms with van der Waals surface area (Å²) in [6, 6.07) is 72.4. The summed E-state index contributed by atoms with van der Waals surface area (Å²) in [5.41, 5.74) is 10.1. The van der Waals surface area contributed by atoms with Gasteiger partial charge in [0, 0.05) is 48.0 Å². The van der Waals surface area contributed by atoms with Crippen LogP contribution in [-0.2, 0) is 0 Å². The first kappa shape index (κ1) is 38.4. The average molecular weight is 898 g/mol. The molecule has 69 heavy (non-hydrogen) atoms. The predicted octanol–water partition coefficient (Wildman–Crippen LogP) is 16.5. The zero-order valence-electron chi connectivity index (χ0n) is 37.2. The van der Waals surface area contributed by atoms with Crippen LogP contribution in [0.15, 0.2) is 224 Å². The van der Waals surface area contributed by atoms with Crippen molar-refractivity contribution in [3.05, 3.63) is 230 Å². The van der Waals surface area contributed by atoms with Gasteiger partial charge in [0.1, 0.15) is 0 Å². The van der Waals surface area contributed by atoms with E-state index in [1.807, 2.05) is 17.4 Å². The highest BCUT2D eigenvalue weighted by Crippen LogP contribution is 2.56. The molecule has 15 rings (SSSR count). The van der Waals surface area contributed by atoms with Crippen LogP contribution in [0, 0.1) is 0 Å². The van der Waals surface area contributed by atoms with E-state index >= 15 is 0 Å². The number of benzene rings is 10. The summed E-state index contributed by atoms with van der Waals surface area (Å²) in [4.78, 5) is 19.0. The minimum absolute atomic E-state index is 0.0452. The summed E-state index contributed by atoms with van der Waals surface area (Å²) in [5.74, 6) is 1.95. The lowest BCUT2D eigenvalue weighted by Crippen LogP contribution is -2.29. The molecule has 1 aliphatic carbocycles. The molecule has 4 heterocycles. The molecular weight excluding hydrogens is 859 g/mol. The Morgan fingerprint density at radius 1 is 0.435 bits per heavy atom. The van der Waals surface area contributed by atoms with Crippen LogP contribution >= 0.6 is 11.3 Å². The molecule has 0 spiro atoms. The molecule has 13 aromatic rings. The average Bonchev–Trinajstić information content (AvgIpc) is 4.09. The minimum atomic E-state index is 0.0452. The smallest absolute Gasteiger partial charge is 0.238 e. The Morgan fingerprint density at radius 2 is 1.03 bits per heavy atom. The van der Waals surface area contributed by atoms with Crippen molar-refractivity contribution in [2.45, 2.75) is 12.0 Å². The molecule has 0 saturated heterocycles. The summed E-state index contributed by atoms with van der Waals surface area (Å²) in [7, 11) is 0. The summed E-state index contributed by atoms with van der Waals surface area (Å²) in [6.45, 7) is 0. The SMILES string of the molecule is C1=CC2c3ccc4c5ccccc5n(-c5nc(-c6ccccc6)nc(-c6ccc7c8ccccc8c8ccccc8c7c6)n5)c4c3N(c3ccc(-c4ccccc4)c4sc5ccccc5c34)C2C=C1. The lowest BCUT2D eigenvalue weighted by Gasteiger charge is -2.30. The van der Waals surface area contributed by atoms with Crippen molar-refractivity contribution in [2.24, 2.45) is 0 Å². The zero-order chi connectivity index (χ0) is 45.2. The molecule has 1 aliphatic heterocycles. The van der Waals surface area contributed by atoms with Gasteiger partial charge in [-0.3, -0.25) is 4.57 Å². The number of anilines is 2. The largest absolute Gasteiger partial charge is 0.331 e. The van der Waals surface area contributed by atoms with E-state index in [9.17, 15) is 0 Å². The van der Waals surface area contributed by atoms with Crippen LogP contribution in [0.4, 0.5) is 11.4 Å². The number of hydrogen-bond acceptors (Lipinski definition) is 5. The van der Waals surface area contributed by atoms with Gasteiger partial charge in [0.15, 0.2) is 11.6 Å². The number of nitrogens with zero attached hydrogens (tertiary/aromatic N) is 5. The fraction of sp³-hybridized carbons (Fsp3) is 0.0317. The molecule has 322 valence electrons. The highest BCUT2D eigenvalue weighted by molar-refractivity contribution is 7.26. The highest BCUT2D eigenvalue weighted by Gasteiger charge is 2.41. The van der Waals surface area contributed by atoms with Gasteiger partial charge in [-0.2, -0.15) is 9.97 Å². The fourth-order valence-corrected chi connectivity index (χ4v) is 12.8. The van der Waals surface area contributed by atoms with E-state index in [1.165, 1.54) is 80.6 Å². The number of hydrogen-bond donors (Lipinski definition) is 0. The third-order valence-corrected chi connectivity index (χ3v) is 15.8. The fourth-order valence-electron chi connectivity index (χ4n) is 11.6. The van der Waals surface area contributed by atoms with Crippen LogP contribution in [0.2, 0.25) is 0 Å². The standard InChI is InChI=1S/C63H39N5S/c1-3-17-38(18-4-1)41-35-36-55(57-51-27-13-16-30-56(51)69-60(41)57)67-53-28-14-11-25-47(53)49-33-34-50-48-26-12-15-29-54(48)68(59(50)58(49)67)63-65-61(39-19-5-2-6-20-39)64-62(66-63)40-31-32-46-44-23-8-7-21-42(44)43-22-9-10-24-45(43)52(46)37-40/h1-37,47,53H. The number of allylic oxidation sites excluding steroid dienone is 2. The molecular formula is C63H39N5S. The van der Waals surface area contributed by atoms with Crippen LogP contribution in [0.5, 0.6) is 0 Å². The zero-order valence-corrected chi connectivity index (χ0v) is 38.0. The number of aromatic nitrogens is 4. The Kier molecular flexibility index (Phi) is 8.29. The highest BCUT2D eigenvalue weighted by atomic mass is 32.1. The van der Waals surface area contributed by atoms with Crippen molar-refractivity contribution < 1.29 is 0 Å². The molecule has 0 fully saturated rings. The van der Waals surface area contributed by atoms with Crippen molar-refractivity contribution in [3.8, 4) is 39.9 Å². The van der Waals surface area contributed by atoms with Crippen molar-refractivity contribution in [2.75, 3.05) is 4.90 Å². The quantitative estimate of drug-likeness (QED) is 0.162. The van der Waals surface area contributed by atoms with Crippen molar-refractivity contribution in [3.63, 3.8) is 0 Å². The molecule has 10 aromatic carbocycles. The third kappa shape index (κ3) is 5.67. The van der Waals surface area contributed by atoms with E-state index in [2.05, 4.69) is 228 Å². The van der Waals surface area contributed by atoms with Crippen molar-refractivity contribution in [1.82, 2.24) is 19.5 Å². The van der Waals surface area contributed by atoms with E-state index < -0.39 is 0 Å². The molecule has 0 radical (unpaired) electrons. The predicted molar refractivity (Wildman–Crippen MR) is 289 cm³/mol. The molecule has 0 bridgehead atoms. The van der Waals surface area contributed by atoms with Gasteiger partial charge in [-0.25, -0.2) is 4.98 Å². The topological polar surface area (TPSA) is 46.8 Å². The monoisotopic (exact) mass is 897 g/mol. The Morgan fingerprint density at radius 3 is 1.78 bits per heavy atom. The van der Waals surface area contributed by atoms with Crippen LogP contribution in [0.3, 0.4) is 0 Å². The second-order valence-electron chi connectivity index (χ2n) is 18.2. The van der Waals surface area contributed by atoms with E-state index in [0.717, 1.165) is 32.9 Å². The van der Waals surface area contributed by atoms with Gasteiger partial charge < -0.3 is 4.90 Å². The molecule has 5 nitrogen and oxygen atoms in total. The lowest BCUT2D eigenvalue weighted by molar-refractivity contribution is 0.746. The maximum atomic E-state index is 5.56. The molecule has 2 unspecified atom stereocenters. The second kappa shape index (κ2) is 14.9. The van der Waals surface area contributed by atoms with Crippen LogP contribution in [0.25, 0.3) is 114 Å². The first-order chi connectivity index (χ1) is 34.2. The molecule has 2 atom stereocenters. The van der Waals surface area contributed by atoms with Gasteiger partial charge in [-0.1, -0.05) is 200 Å². The van der Waals surface area contributed by atoms with Crippen molar-refractivity contribution >= 4 is 97.0 Å². The summed E-state index contributed by atoms with van der Waals surface area (Å²) >= 11 is 1.88. The Balaban J connectivity index is 1.03.